The van der Waals surface area contributed by atoms with Gasteiger partial charge in [0.25, 0.3) is 12.3 Å². The third-order valence-corrected chi connectivity index (χ3v) is 7.09. The molecule has 29 heavy (non-hydrogen) atoms. The smallest absolute Gasteiger partial charge is 0.271 e. The van der Waals surface area contributed by atoms with E-state index >= 15 is 0 Å². The first-order chi connectivity index (χ1) is 14.0. The Morgan fingerprint density at radius 3 is 2.83 bits per heavy atom. The van der Waals surface area contributed by atoms with E-state index in [0.717, 1.165) is 57.9 Å². The van der Waals surface area contributed by atoms with Gasteiger partial charge in [0, 0.05) is 35.5 Å². The highest BCUT2D eigenvalue weighted by Gasteiger charge is 2.26. The van der Waals surface area contributed by atoms with E-state index in [1.165, 1.54) is 11.3 Å². The van der Waals surface area contributed by atoms with Gasteiger partial charge in [-0.2, -0.15) is 5.10 Å². The van der Waals surface area contributed by atoms with Gasteiger partial charge in [0.2, 0.25) is 0 Å². The zero-order valence-electron chi connectivity index (χ0n) is 16.4. The molecule has 1 saturated heterocycles. The van der Waals surface area contributed by atoms with Crippen molar-refractivity contribution < 1.29 is 0 Å². The number of hydrogen-bond donors (Lipinski definition) is 0. The number of aromatic nitrogens is 4. The largest absolute Gasteiger partial charge is 0.295 e. The number of nitrogens with zero attached hydrogens (tertiary/aromatic N) is 5. The van der Waals surface area contributed by atoms with E-state index in [1.807, 2.05) is 24.0 Å². The summed E-state index contributed by atoms with van der Waals surface area (Å²) in [4.78, 5) is 18.8. The van der Waals surface area contributed by atoms with Crippen molar-refractivity contribution >= 4 is 39.2 Å². The van der Waals surface area contributed by atoms with Crippen LogP contribution in [0.15, 0.2) is 35.5 Å². The molecule has 4 aromatic rings. The van der Waals surface area contributed by atoms with Crippen molar-refractivity contribution in [3.05, 3.63) is 46.6 Å². The zero-order chi connectivity index (χ0) is 20.1. The molecule has 1 aliphatic rings. The fraction of sp³-hybridized carbons (Fsp3) is 0.333. The second kappa shape index (κ2) is 6.85. The average molecular weight is 401 g/mol. The molecule has 4 heterocycles. The summed E-state index contributed by atoms with van der Waals surface area (Å²) in [7, 11) is 1.93. The van der Waals surface area contributed by atoms with Gasteiger partial charge in [-0.1, -0.05) is 12.6 Å². The van der Waals surface area contributed by atoms with Crippen LogP contribution < -0.4 is 5.56 Å². The van der Waals surface area contributed by atoms with Crippen molar-refractivity contribution in [2.24, 2.45) is 7.05 Å². The van der Waals surface area contributed by atoms with Crippen molar-refractivity contribution in [1.29, 1.82) is 5.26 Å². The number of thiophene rings is 1. The monoisotopic (exact) mass is 401 g/mol. The molecular formula is C21H20BN5OS. The summed E-state index contributed by atoms with van der Waals surface area (Å²) in [6.07, 6.45) is 7.13. The van der Waals surface area contributed by atoms with Crippen LogP contribution in [-0.4, -0.2) is 26.0 Å². The maximum absolute atomic E-state index is 13.2. The first kappa shape index (κ1) is 18.1. The second-order valence-corrected chi connectivity index (χ2v) is 9.00. The van der Waals surface area contributed by atoms with Gasteiger partial charge < -0.3 is 0 Å². The van der Waals surface area contributed by atoms with E-state index in [-0.39, 0.29) is 18.3 Å². The highest BCUT2D eigenvalue weighted by atomic mass is 32.1. The van der Waals surface area contributed by atoms with Gasteiger partial charge in [-0.25, -0.2) is 10.2 Å². The van der Waals surface area contributed by atoms with E-state index in [0.29, 0.717) is 4.70 Å². The molecule has 0 saturated carbocycles. The van der Waals surface area contributed by atoms with Crippen LogP contribution in [-0.2, 0) is 7.05 Å². The molecule has 0 aliphatic carbocycles. The molecule has 3 aromatic heterocycles. The van der Waals surface area contributed by atoms with Gasteiger partial charge in [0.05, 0.1) is 17.4 Å². The van der Waals surface area contributed by atoms with Crippen molar-refractivity contribution in [3.8, 4) is 16.4 Å². The predicted octanol–water partition coefficient (Wildman–Crippen LogP) is 4.21. The minimum Gasteiger partial charge on any atom is -0.295 e. The van der Waals surface area contributed by atoms with E-state index in [9.17, 15) is 4.79 Å². The molecule has 6 nitrogen and oxygen atoms in total. The van der Waals surface area contributed by atoms with Crippen molar-refractivity contribution in [1.82, 2.24) is 19.3 Å². The van der Waals surface area contributed by atoms with Crippen LogP contribution in [0.4, 0.5) is 0 Å². The summed E-state index contributed by atoms with van der Waals surface area (Å²) in [5.74, 6) is 2.35. The lowest BCUT2D eigenvalue weighted by Gasteiger charge is -2.24. The van der Waals surface area contributed by atoms with Crippen molar-refractivity contribution in [2.75, 3.05) is 0 Å². The number of fused-ring (bicyclic) bond motifs is 2. The maximum Gasteiger partial charge on any atom is 0.271 e. The number of benzene rings is 1. The summed E-state index contributed by atoms with van der Waals surface area (Å²) in [5.41, 5.74) is 4.00. The summed E-state index contributed by atoms with van der Waals surface area (Å²) in [6.45, 7) is 2.19. The first-order valence-electron chi connectivity index (χ1n) is 9.88. The van der Waals surface area contributed by atoms with Gasteiger partial charge in [-0.15, -0.1) is 11.3 Å². The topological polar surface area (TPSA) is 76.5 Å². The lowest BCUT2D eigenvalue weighted by atomic mass is 9.42. The lowest BCUT2D eigenvalue weighted by Crippen LogP contribution is -2.29. The Bertz CT molecular complexity index is 1340. The molecule has 0 unspecified atom stereocenters. The molecule has 0 radical (unpaired) electrons. The highest BCUT2D eigenvalue weighted by molar-refractivity contribution is 7.22. The molecule has 0 atom stereocenters. The van der Waals surface area contributed by atoms with Crippen molar-refractivity contribution in [3.63, 3.8) is 0 Å². The molecule has 0 N–H and O–H groups in total. The third-order valence-electron chi connectivity index (χ3n) is 5.93. The Labute approximate surface area is 172 Å². The van der Waals surface area contributed by atoms with Crippen LogP contribution in [0.3, 0.4) is 0 Å². The summed E-state index contributed by atoms with van der Waals surface area (Å²) in [5, 5.41) is 14.7. The van der Waals surface area contributed by atoms with E-state index in [2.05, 4.69) is 35.1 Å². The highest BCUT2D eigenvalue weighted by Crippen LogP contribution is 2.34. The number of rotatable bonds is 2. The molecule has 144 valence electrons. The molecule has 1 fully saturated rings. The predicted molar refractivity (Wildman–Crippen MR) is 118 cm³/mol. The van der Waals surface area contributed by atoms with Gasteiger partial charge in [-0.05, 0) is 49.1 Å². The van der Waals surface area contributed by atoms with Gasteiger partial charge in [0.15, 0.2) is 0 Å². The maximum atomic E-state index is 13.2. The van der Waals surface area contributed by atoms with Crippen molar-refractivity contribution in [2.45, 2.75) is 38.4 Å². The standard InChI is InChI=1S/C21H20BN5OS/c1-13-7-14(8-15-10-26(2)25-19(13)15)18-9-17-20(29-18)21(28)27(12-24-17)16-3-5-22(11-23)6-4-16/h7-10,12,16H,3-6H2,1-2H3. The van der Waals surface area contributed by atoms with Crippen LogP contribution in [0, 0.1) is 18.2 Å². The Hall–Kier alpha value is -2.92. The number of hydrogen-bond acceptors (Lipinski definition) is 5. The fourth-order valence-corrected chi connectivity index (χ4v) is 5.42. The Balaban J connectivity index is 1.55. The van der Waals surface area contributed by atoms with Gasteiger partial charge in [-0.3, -0.25) is 14.0 Å². The SMILES string of the molecule is Cc1cc(-c2cc3ncn(C4CCB(C#N)CC4)c(=O)c3s2)cc2cn(C)nc12. The minimum atomic E-state index is 0.0332. The molecule has 0 amide bonds. The van der Waals surface area contributed by atoms with E-state index < -0.39 is 0 Å². The molecule has 0 spiro atoms. The lowest BCUT2D eigenvalue weighted by molar-refractivity contribution is 0.440. The van der Waals surface area contributed by atoms with Gasteiger partial charge in [0.1, 0.15) is 4.70 Å². The van der Waals surface area contributed by atoms with Crippen LogP contribution in [0.2, 0.25) is 12.6 Å². The average Bonchev–Trinajstić information content (AvgIpc) is 3.32. The summed E-state index contributed by atoms with van der Waals surface area (Å²) >= 11 is 1.51. The molecular weight excluding hydrogens is 381 g/mol. The molecule has 0 bridgehead atoms. The molecule has 8 heteroatoms. The zero-order valence-corrected chi connectivity index (χ0v) is 17.2. The fourth-order valence-electron chi connectivity index (χ4n) is 4.38. The minimum absolute atomic E-state index is 0.0332. The van der Waals surface area contributed by atoms with Crippen LogP contribution >= 0.6 is 11.3 Å². The van der Waals surface area contributed by atoms with Crippen LogP contribution in [0.25, 0.3) is 31.6 Å². The third kappa shape index (κ3) is 3.06. The Morgan fingerprint density at radius 2 is 2.07 bits per heavy atom. The first-order valence-corrected chi connectivity index (χ1v) is 10.7. The number of nitriles is 1. The van der Waals surface area contributed by atoms with E-state index in [1.54, 1.807) is 10.9 Å². The summed E-state index contributed by atoms with van der Waals surface area (Å²) in [6, 6.07) is 6.40. The number of aryl methyl sites for hydroxylation is 2. The molecule has 5 rings (SSSR count). The van der Waals surface area contributed by atoms with Crippen LogP contribution in [0.1, 0.15) is 24.4 Å². The second-order valence-electron chi connectivity index (χ2n) is 7.95. The Kier molecular flexibility index (Phi) is 4.28. The molecule has 1 aromatic carbocycles. The van der Waals surface area contributed by atoms with E-state index in [4.69, 9.17) is 5.26 Å². The summed E-state index contributed by atoms with van der Waals surface area (Å²) < 4.78 is 4.31. The van der Waals surface area contributed by atoms with Gasteiger partial charge >= 0.3 is 0 Å². The quantitative estimate of drug-likeness (QED) is 0.472. The van der Waals surface area contributed by atoms with Crippen LogP contribution in [0.5, 0.6) is 0 Å². The normalized spacial score (nSPS) is 15.3. The molecule has 1 aliphatic heterocycles. The Morgan fingerprint density at radius 1 is 1.28 bits per heavy atom.